The Balaban J connectivity index is 0.000000403. The van der Waals surface area contributed by atoms with Crippen molar-refractivity contribution in [2.24, 2.45) is 0 Å². The normalized spacial score (nSPS) is 18.2. The molecule has 43 heavy (non-hydrogen) atoms. The van der Waals surface area contributed by atoms with Gasteiger partial charge in [0.25, 0.3) is 11.8 Å². The van der Waals surface area contributed by atoms with Gasteiger partial charge in [-0.1, -0.05) is 59.6 Å². The molecule has 8 nitrogen and oxygen atoms in total. The number of nitrogens with one attached hydrogen (secondary N) is 2. The van der Waals surface area contributed by atoms with Crippen molar-refractivity contribution in [3.8, 4) is 0 Å². The smallest absolute Gasteiger partial charge is 0.252 e. The molecule has 1 saturated carbocycles. The summed E-state index contributed by atoms with van der Waals surface area (Å²) in [6.07, 6.45) is -0.297. The largest absolute Gasteiger partial charge is 0.369 e. The maximum atomic E-state index is 14.2. The zero-order valence-electron chi connectivity index (χ0n) is 22.4. The minimum absolute atomic E-state index is 0.0174. The summed E-state index contributed by atoms with van der Waals surface area (Å²) in [5, 5.41) is 5.78. The van der Waals surface area contributed by atoms with Crippen LogP contribution in [0.15, 0.2) is 72.8 Å². The SMILES string of the molecule is O=C1COC[C@@H](C(=O)N(c2cccc(F)c2)C(C(=O)NC2CC(F)(F)C2)c2ccccc2Cl)N1.O=Cc1cccc(Cl)c1. The maximum Gasteiger partial charge on any atom is 0.252 e. The fraction of sp³-hybridized carbons (Fsp3) is 0.267. The molecular weight excluding hydrogens is 610 g/mol. The lowest BCUT2D eigenvalue weighted by Crippen LogP contribution is -2.58. The highest BCUT2D eigenvalue weighted by Crippen LogP contribution is 2.39. The van der Waals surface area contributed by atoms with Gasteiger partial charge in [0, 0.05) is 45.7 Å². The summed E-state index contributed by atoms with van der Waals surface area (Å²) in [6, 6.07) is 14.6. The average molecular weight is 636 g/mol. The van der Waals surface area contributed by atoms with E-state index in [0.29, 0.717) is 10.6 Å². The number of morpholine rings is 1. The van der Waals surface area contributed by atoms with Crippen molar-refractivity contribution in [3.63, 3.8) is 0 Å². The molecule has 226 valence electrons. The summed E-state index contributed by atoms with van der Waals surface area (Å²) < 4.78 is 46.1. The second-order valence-corrected chi connectivity index (χ2v) is 10.7. The first kappa shape index (κ1) is 32.0. The van der Waals surface area contributed by atoms with Crippen LogP contribution in [0.2, 0.25) is 10.0 Å². The Morgan fingerprint density at radius 2 is 1.77 bits per heavy atom. The minimum Gasteiger partial charge on any atom is -0.369 e. The van der Waals surface area contributed by atoms with Crippen LogP contribution in [0.4, 0.5) is 18.9 Å². The van der Waals surface area contributed by atoms with Crippen LogP contribution in [0.25, 0.3) is 0 Å². The number of aldehydes is 1. The Bertz CT molecular complexity index is 1500. The van der Waals surface area contributed by atoms with E-state index in [-0.39, 0.29) is 29.5 Å². The third-order valence-corrected chi connectivity index (χ3v) is 7.18. The Hall–Kier alpha value is -3.93. The molecule has 13 heteroatoms. The molecule has 2 aliphatic rings. The monoisotopic (exact) mass is 635 g/mol. The highest BCUT2D eigenvalue weighted by molar-refractivity contribution is 6.32. The van der Waals surface area contributed by atoms with Crippen LogP contribution >= 0.6 is 23.2 Å². The number of alkyl halides is 2. The summed E-state index contributed by atoms with van der Waals surface area (Å²) in [7, 11) is 0. The lowest BCUT2D eigenvalue weighted by Gasteiger charge is -2.39. The lowest BCUT2D eigenvalue weighted by molar-refractivity contribution is -0.138. The first-order valence-corrected chi connectivity index (χ1v) is 13.8. The van der Waals surface area contributed by atoms with Gasteiger partial charge in [-0.25, -0.2) is 13.2 Å². The van der Waals surface area contributed by atoms with E-state index < -0.39 is 60.4 Å². The summed E-state index contributed by atoms with van der Waals surface area (Å²) in [5.74, 6) is -5.60. The van der Waals surface area contributed by atoms with E-state index in [2.05, 4.69) is 10.6 Å². The van der Waals surface area contributed by atoms with Gasteiger partial charge in [-0.3, -0.25) is 24.1 Å². The van der Waals surface area contributed by atoms with Crippen molar-refractivity contribution in [2.45, 2.75) is 36.9 Å². The Kier molecular flexibility index (Phi) is 10.4. The number of carbonyl (C=O) groups is 4. The van der Waals surface area contributed by atoms with E-state index in [1.807, 2.05) is 0 Å². The molecule has 3 aromatic carbocycles. The number of ether oxygens (including phenoxy) is 1. The minimum atomic E-state index is -2.88. The van der Waals surface area contributed by atoms with Gasteiger partial charge in [0.15, 0.2) is 0 Å². The zero-order valence-corrected chi connectivity index (χ0v) is 24.0. The van der Waals surface area contributed by atoms with Crippen molar-refractivity contribution >= 4 is 52.9 Å². The number of hydrogen-bond donors (Lipinski definition) is 2. The number of carbonyl (C=O) groups excluding carboxylic acids is 4. The number of nitrogens with zero attached hydrogens (tertiary/aromatic N) is 1. The van der Waals surface area contributed by atoms with Crippen LogP contribution < -0.4 is 15.5 Å². The number of anilines is 1. The van der Waals surface area contributed by atoms with Crippen molar-refractivity contribution in [3.05, 3.63) is 99.8 Å². The van der Waals surface area contributed by atoms with E-state index in [1.165, 1.54) is 30.3 Å². The van der Waals surface area contributed by atoms with E-state index in [1.54, 1.807) is 36.4 Å². The fourth-order valence-electron chi connectivity index (χ4n) is 4.60. The van der Waals surface area contributed by atoms with Gasteiger partial charge in [-0.15, -0.1) is 0 Å². The summed E-state index contributed by atoms with van der Waals surface area (Å²) >= 11 is 11.9. The van der Waals surface area contributed by atoms with Crippen LogP contribution in [0, 0.1) is 5.82 Å². The molecule has 1 heterocycles. The molecule has 3 amide bonds. The van der Waals surface area contributed by atoms with E-state index in [4.69, 9.17) is 27.9 Å². The molecule has 0 spiro atoms. The number of rotatable bonds is 7. The second kappa shape index (κ2) is 14.0. The lowest BCUT2D eigenvalue weighted by atomic mass is 9.87. The van der Waals surface area contributed by atoms with Crippen molar-refractivity contribution in [2.75, 3.05) is 18.1 Å². The maximum absolute atomic E-state index is 14.2. The molecule has 1 saturated heterocycles. The topological polar surface area (TPSA) is 105 Å². The third-order valence-electron chi connectivity index (χ3n) is 6.60. The number of hydrogen-bond acceptors (Lipinski definition) is 5. The second-order valence-electron chi connectivity index (χ2n) is 9.89. The van der Waals surface area contributed by atoms with Gasteiger partial charge in [-0.05, 0) is 36.4 Å². The standard InChI is InChI=1S/C23H21ClF3N3O4.C7H5ClO/c24-17-7-2-1-6-16(17)20(21(32)28-14-9-23(26,27)10-14)30(15-5-3-4-13(25)8-15)22(33)18-11-34-12-19(31)29-18;8-7-3-1-2-6(4-7)5-9/h1-8,14,18,20H,9-12H2,(H,28,32)(H,29,31);1-5H/t18-,20?;/m0./s1. The third kappa shape index (κ3) is 8.34. The average Bonchev–Trinajstić information content (AvgIpc) is 2.95. The number of amides is 3. The van der Waals surface area contributed by atoms with Gasteiger partial charge in [0.2, 0.25) is 11.8 Å². The molecule has 1 aliphatic heterocycles. The molecule has 0 bridgehead atoms. The quantitative estimate of drug-likeness (QED) is 0.350. The van der Waals surface area contributed by atoms with E-state index >= 15 is 0 Å². The van der Waals surface area contributed by atoms with Crippen LogP contribution in [0.3, 0.4) is 0 Å². The Morgan fingerprint density at radius 3 is 2.37 bits per heavy atom. The Morgan fingerprint density at radius 1 is 1.05 bits per heavy atom. The molecule has 2 N–H and O–H groups in total. The number of benzene rings is 3. The van der Waals surface area contributed by atoms with Gasteiger partial charge >= 0.3 is 0 Å². The highest BCUT2D eigenvalue weighted by Gasteiger charge is 2.47. The predicted octanol–water partition coefficient (Wildman–Crippen LogP) is 5.13. The summed E-state index contributed by atoms with van der Waals surface area (Å²) in [6.45, 7) is -0.393. The van der Waals surface area contributed by atoms with Crippen molar-refractivity contribution in [1.82, 2.24) is 10.6 Å². The molecule has 0 radical (unpaired) electrons. The molecule has 2 fully saturated rings. The molecule has 1 aliphatic carbocycles. The van der Waals surface area contributed by atoms with Crippen molar-refractivity contribution in [1.29, 1.82) is 0 Å². The van der Waals surface area contributed by atoms with Crippen LogP contribution in [-0.2, 0) is 19.1 Å². The highest BCUT2D eigenvalue weighted by atomic mass is 35.5. The van der Waals surface area contributed by atoms with E-state index in [0.717, 1.165) is 17.3 Å². The van der Waals surface area contributed by atoms with Crippen LogP contribution in [-0.4, -0.2) is 55.2 Å². The summed E-state index contributed by atoms with van der Waals surface area (Å²) in [4.78, 5) is 50.0. The van der Waals surface area contributed by atoms with Gasteiger partial charge in [0.05, 0.1) is 6.61 Å². The summed E-state index contributed by atoms with van der Waals surface area (Å²) in [5.41, 5.74) is 0.833. The van der Waals surface area contributed by atoms with Gasteiger partial charge in [0.1, 0.15) is 30.8 Å². The van der Waals surface area contributed by atoms with E-state index in [9.17, 15) is 32.3 Å². The van der Waals surface area contributed by atoms with Crippen molar-refractivity contribution < 1.29 is 37.1 Å². The van der Waals surface area contributed by atoms with Gasteiger partial charge < -0.3 is 15.4 Å². The molecule has 5 rings (SSSR count). The predicted molar refractivity (Wildman–Crippen MR) is 154 cm³/mol. The first-order valence-electron chi connectivity index (χ1n) is 13.1. The molecule has 3 aromatic rings. The molecule has 0 aromatic heterocycles. The number of halogens is 5. The first-order chi connectivity index (χ1) is 20.5. The fourth-order valence-corrected chi connectivity index (χ4v) is 5.03. The molecule has 2 atom stereocenters. The molecule has 1 unspecified atom stereocenters. The molecular formula is C30H26Cl2F3N3O5. The zero-order chi connectivity index (χ0) is 31.1. The Labute approximate surface area is 255 Å². The van der Waals surface area contributed by atoms with Gasteiger partial charge in [-0.2, -0.15) is 0 Å². The van der Waals surface area contributed by atoms with Crippen LogP contribution in [0.5, 0.6) is 0 Å². The van der Waals surface area contributed by atoms with Crippen LogP contribution in [0.1, 0.15) is 34.8 Å².